The second-order valence-corrected chi connectivity index (χ2v) is 7.64. The number of amides is 1. The monoisotopic (exact) mass is 466 g/mol. The van der Waals surface area contributed by atoms with Gasteiger partial charge in [-0.15, -0.1) is 0 Å². The zero-order valence-corrected chi connectivity index (χ0v) is 19.1. The molecule has 174 valence electrons. The van der Waals surface area contributed by atoms with Crippen molar-refractivity contribution in [1.29, 1.82) is 0 Å². The van der Waals surface area contributed by atoms with Crippen molar-refractivity contribution in [3.63, 3.8) is 0 Å². The van der Waals surface area contributed by atoms with Crippen molar-refractivity contribution in [1.82, 2.24) is 19.9 Å². The molecule has 2 aromatic carbocycles. The van der Waals surface area contributed by atoms with E-state index in [0.29, 0.717) is 28.8 Å². The Hall–Kier alpha value is -4.92. The van der Waals surface area contributed by atoms with E-state index >= 15 is 0 Å². The lowest BCUT2D eigenvalue weighted by molar-refractivity contribution is 0.102. The van der Waals surface area contributed by atoms with Crippen molar-refractivity contribution in [2.45, 2.75) is 0 Å². The Bertz CT molecular complexity index is 1500. The molecule has 5 rings (SSSR count). The van der Waals surface area contributed by atoms with Gasteiger partial charge in [0.1, 0.15) is 5.69 Å². The van der Waals surface area contributed by atoms with Crippen LogP contribution in [0.2, 0.25) is 0 Å². The number of hydrogen-bond acceptors (Lipinski definition) is 7. The smallest absolute Gasteiger partial charge is 0.272 e. The summed E-state index contributed by atoms with van der Waals surface area (Å²) in [6, 6.07) is 18.4. The van der Waals surface area contributed by atoms with Crippen LogP contribution in [0.4, 0.5) is 17.3 Å². The molecule has 1 amide bonds. The molecule has 0 unspecified atom stereocenters. The highest BCUT2D eigenvalue weighted by molar-refractivity contribution is 6.06. The highest BCUT2D eigenvalue weighted by atomic mass is 16.5. The first-order valence-electron chi connectivity index (χ1n) is 10.8. The van der Waals surface area contributed by atoms with Gasteiger partial charge in [0, 0.05) is 52.5 Å². The molecule has 3 aromatic heterocycles. The molecule has 0 saturated heterocycles. The number of pyridine rings is 1. The van der Waals surface area contributed by atoms with Crippen molar-refractivity contribution in [3.8, 4) is 22.8 Å². The minimum absolute atomic E-state index is 0.268. The number of ether oxygens (including phenoxy) is 2. The maximum Gasteiger partial charge on any atom is 0.272 e. The van der Waals surface area contributed by atoms with E-state index in [0.717, 1.165) is 27.8 Å². The van der Waals surface area contributed by atoms with Crippen molar-refractivity contribution >= 4 is 34.1 Å². The van der Waals surface area contributed by atoms with E-state index in [1.165, 1.54) is 0 Å². The van der Waals surface area contributed by atoms with Gasteiger partial charge in [-0.3, -0.25) is 9.78 Å². The summed E-state index contributed by atoms with van der Waals surface area (Å²) in [7, 11) is 3.11. The molecule has 5 aromatic rings. The Kier molecular flexibility index (Phi) is 5.96. The van der Waals surface area contributed by atoms with E-state index < -0.39 is 0 Å². The van der Waals surface area contributed by atoms with Crippen LogP contribution in [-0.4, -0.2) is 40.1 Å². The molecule has 0 atom stereocenters. The molecule has 0 aliphatic carbocycles. The highest BCUT2D eigenvalue weighted by Crippen LogP contribution is 2.30. The molecule has 9 nitrogen and oxygen atoms in total. The summed E-state index contributed by atoms with van der Waals surface area (Å²) in [4.78, 5) is 29.0. The second-order valence-electron chi connectivity index (χ2n) is 7.64. The average Bonchev–Trinajstić information content (AvgIpc) is 3.33. The predicted molar refractivity (Wildman–Crippen MR) is 134 cm³/mol. The van der Waals surface area contributed by atoms with E-state index in [-0.39, 0.29) is 5.91 Å². The molecular weight excluding hydrogens is 444 g/mol. The fourth-order valence-corrected chi connectivity index (χ4v) is 3.67. The molecule has 0 aliphatic rings. The van der Waals surface area contributed by atoms with Crippen molar-refractivity contribution in [2.24, 2.45) is 0 Å². The van der Waals surface area contributed by atoms with Gasteiger partial charge >= 0.3 is 0 Å². The number of methoxy groups -OCH3 is 2. The Labute approximate surface area is 201 Å². The number of rotatable bonds is 7. The quantitative estimate of drug-likeness (QED) is 0.308. The van der Waals surface area contributed by atoms with Gasteiger partial charge in [-0.05, 0) is 54.6 Å². The molecule has 0 spiro atoms. The molecule has 0 saturated carbocycles. The summed E-state index contributed by atoms with van der Waals surface area (Å²) in [5.41, 5.74) is 4.34. The van der Waals surface area contributed by atoms with Gasteiger partial charge < -0.3 is 25.1 Å². The van der Waals surface area contributed by atoms with Crippen molar-refractivity contribution < 1.29 is 14.3 Å². The SMILES string of the molecule is COc1ccc(NC(=O)c2cc3cc(Nc4nccc(-c5cccnc5)n4)ccc3[nH]2)cc1OC. The lowest BCUT2D eigenvalue weighted by atomic mass is 10.2. The summed E-state index contributed by atoms with van der Waals surface area (Å²) < 4.78 is 10.5. The van der Waals surface area contributed by atoms with Crippen LogP contribution in [0, 0.1) is 0 Å². The van der Waals surface area contributed by atoms with E-state index in [2.05, 4.69) is 30.6 Å². The second kappa shape index (κ2) is 9.52. The van der Waals surface area contributed by atoms with Gasteiger partial charge in [-0.25, -0.2) is 9.97 Å². The lowest BCUT2D eigenvalue weighted by Crippen LogP contribution is -2.12. The summed E-state index contributed by atoms with van der Waals surface area (Å²) in [5, 5.41) is 6.97. The first kappa shape index (κ1) is 21.9. The van der Waals surface area contributed by atoms with Gasteiger partial charge in [0.15, 0.2) is 11.5 Å². The van der Waals surface area contributed by atoms with Gasteiger partial charge in [0.05, 0.1) is 19.9 Å². The van der Waals surface area contributed by atoms with E-state index in [1.54, 1.807) is 57.1 Å². The van der Waals surface area contributed by atoms with Crippen molar-refractivity contribution in [3.05, 3.63) is 84.9 Å². The Morgan fingerprint density at radius 2 is 1.77 bits per heavy atom. The summed E-state index contributed by atoms with van der Waals surface area (Å²) in [5.74, 6) is 1.32. The maximum absolute atomic E-state index is 12.8. The molecule has 0 fully saturated rings. The van der Waals surface area contributed by atoms with Crippen molar-refractivity contribution in [2.75, 3.05) is 24.9 Å². The molecule has 9 heteroatoms. The predicted octanol–water partition coefficient (Wildman–Crippen LogP) is 5.03. The first-order chi connectivity index (χ1) is 17.1. The largest absolute Gasteiger partial charge is 0.493 e. The third-order valence-electron chi connectivity index (χ3n) is 5.38. The van der Waals surface area contributed by atoms with Crippen LogP contribution >= 0.6 is 0 Å². The normalized spacial score (nSPS) is 10.7. The number of aromatic amines is 1. The van der Waals surface area contributed by atoms with E-state index in [1.807, 2.05) is 36.4 Å². The van der Waals surface area contributed by atoms with Gasteiger partial charge in [0.2, 0.25) is 5.95 Å². The van der Waals surface area contributed by atoms with Crippen LogP contribution in [0.25, 0.3) is 22.2 Å². The zero-order valence-electron chi connectivity index (χ0n) is 19.1. The summed E-state index contributed by atoms with van der Waals surface area (Å²) >= 11 is 0. The number of aromatic nitrogens is 4. The number of carbonyl (C=O) groups excluding carboxylic acids is 1. The van der Waals surface area contributed by atoms with Crippen LogP contribution in [0.15, 0.2) is 79.3 Å². The Morgan fingerprint density at radius 3 is 2.57 bits per heavy atom. The van der Waals surface area contributed by atoms with E-state index in [4.69, 9.17) is 9.47 Å². The molecule has 0 radical (unpaired) electrons. The highest BCUT2D eigenvalue weighted by Gasteiger charge is 2.13. The van der Waals surface area contributed by atoms with Gasteiger partial charge in [-0.1, -0.05) is 0 Å². The van der Waals surface area contributed by atoms with E-state index in [9.17, 15) is 4.79 Å². The third-order valence-corrected chi connectivity index (χ3v) is 5.38. The fraction of sp³-hybridized carbons (Fsp3) is 0.0769. The van der Waals surface area contributed by atoms with Crippen LogP contribution < -0.4 is 20.1 Å². The van der Waals surface area contributed by atoms with Crippen LogP contribution in [-0.2, 0) is 0 Å². The van der Waals surface area contributed by atoms with Crippen LogP contribution in [0.1, 0.15) is 10.5 Å². The van der Waals surface area contributed by atoms with Crippen LogP contribution in [0.3, 0.4) is 0 Å². The number of fused-ring (bicyclic) bond motifs is 1. The number of anilines is 3. The van der Waals surface area contributed by atoms with Gasteiger partial charge in [-0.2, -0.15) is 0 Å². The molecule has 0 aliphatic heterocycles. The molecule has 35 heavy (non-hydrogen) atoms. The average molecular weight is 467 g/mol. The number of nitrogens with zero attached hydrogens (tertiary/aromatic N) is 3. The topological polar surface area (TPSA) is 114 Å². The number of H-pyrrole nitrogens is 1. The fourth-order valence-electron chi connectivity index (χ4n) is 3.67. The Balaban J connectivity index is 1.34. The summed E-state index contributed by atoms with van der Waals surface area (Å²) in [6.45, 7) is 0. The molecule has 3 N–H and O–H groups in total. The van der Waals surface area contributed by atoms with Crippen LogP contribution in [0.5, 0.6) is 11.5 Å². The number of hydrogen-bond donors (Lipinski definition) is 3. The third kappa shape index (κ3) is 4.74. The Morgan fingerprint density at radius 1 is 0.914 bits per heavy atom. The number of nitrogens with one attached hydrogen (secondary N) is 3. The maximum atomic E-state index is 12.8. The molecular formula is C26H22N6O3. The summed E-state index contributed by atoms with van der Waals surface area (Å²) in [6.07, 6.45) is 5.17. The molecule has 0 bridgehead atoms. The zero-order chi connectivity index (χ0) is 24.2. The minimum atomic E-state index is -0.268. The minimum Gasteiger partial charge on any atom is -0.493 e. The molecule has 3 heterocycles. The first-order valence-corrected chi connectivity index (χ1v) is 10.8. The standard InChI is InChI=1S/C26H22N6O3/c1-34-23-8-6-19(14-24(23)35-2)29-25(33)22-13-17-12-18(5-7-20(17)31-22)30-26-28-11-9-21(32-26)16-4-3-10-27-15-16/h3-15,31H,1-2H3,(H,29,33)(H,28,30,32). The number of carbonyl (C=O) groups is 1. The lowest BCUT2D eigenvalue weighted by Gasteiger charge is -2.10. The number of benzene rings is 2. The van der Waals surface area contributed by atoms with Gasteiger partial charge in [0.25, 0.3) is 5.91 Å².